The van der Waals surface area contributed by atoms with E-state index < -0.39 is 33.7 Å². The van der Waals surface area contributed by atoms with Crippen molar-refractivity contribution in [1.82, 2.24) is 15.8 Å². The van der Waals surface area contributed by atoms with Crippen molar-refractivity contribution in [2.24, 2.45) is 0 Å². The molecule has 4 amide bonds. The molecule has 1 heterocycles. The van der Waals surface area contributed by atoms with Crippen molar-refractivity contribution in [3.63, 3.8) is 0 Å². The Balaban J connectivity index is 1.68. The Labute approximate surface area is 153 Å². The minimum atomic E-state index is -3.91. The number of hydrogen-bond donors (Lipinski definition) is 3. The van der Waals surface area contributed by atoms with Crippen LogP contribution < -0.4 is 15.5 Å². The molecule has 140 valence electrons. The number of carbonyl (C=O) groups is 3. The molecule has 1 saturated heterocycles. The average Bonchev–Trinajstić information content (AvgIpc) is 2.92. The fourth-order valence-corrected chi connectivity index (χ4v) is 3.30. The summed E-state index contributed by atoms with van der Waals surface area (Å²) in [6.45, 7) is -0.292. The van der Waals surface area contributed by atoms with Crippen molar-refractivity contribution in [3.8, 4) is 0 Å². The number of benzene rings is 2. The molecule has 0 radical (unpaired) electrons. The monoisotopic (exact) mass is 392 g/mol. The quantitative estimate of drug-likeness (QED) is 0.650. The highest BCUT2D eigenvalue weighted by molar-refractivity contribution is 7.92. The summed E-state index contributed by atoms with van der Waals surface area (Å²) in [5.74, 6) is -1.74. The van der Waals surface area contributed by atoms with Crippen LogP contribution in [0.4, 0.5) is 14.9 Å². The Hall–Kier alpha value is -3.47. The van der Waals surface area contributed by atoms with Crippen molar-refractivity contribution in [3.05, 3.63) is 59.9 Å². The number of halogens is 1. The van der Waals surface area contributed by atoms with E-state index in [0.29, 0.717) is 0 Å². The minimum absolute atomic E-state index is 0.115. The normalized spacial score (nSPS) is 14.0. The fourth-order valence-electron chi connectivity index (χ4n) is 2.24. The molecule has 0 aromatic heterocycles. The molecule has 0 unspecified atom stereocenters. The molecule has 3 N–H and O–H groups in total. The van der Waals surface area contributed by atoms with Crippen LogP contribution in [0.15, 0.2) is 53.4 Å². The molecule has 0 spiro atoms. The molecular weight excluding hydrogens is 379 g/mol. The van der Waals surface area contributed by atoms with Gasteiger partial charge in [0.2, 0.25) is 5.91 Å². The van der Waals surface area contributed by atoms with Crippen LogP contribution in [0.3, 0.4) is 0 Å². The summed E-state index contributed by atoms with van der Waals surface area (Å²) in [7, 11) is -3.91. The topological polar surface area (TPSA) is 125 Å². The highest BCUT2D eigenvalue weighted by Crippen LogP contribution is 2.17. The van der Waals surface area contributed by atoms with E-state index in [-0.39, 0.29) is 22.7 Å². The van der Waals surface area contributed by atoms with Gasteiger partial charge < -0.3 is 0 Å². The summed E-state index contributed by atoms with van der Waals surface area (Å²) >= 11 is 0. The molecule has 0 saturated carbocycles. The molecule has 1 fully saturated rings. The van der Waals surface area contributed by atoms with Crippen LogP contribution in [0.5, 0.6) is 0 Å². The second kappa shape index (κ2) is 7.03. The van der Waals surface area contributed by atoms with Crippen LogP contribution in [-0.2, 0) is 14.8 Å². The third-order valence-corrected chi connectivity index (χ3v) is 4.95. The molecule has 11 heteroatoms. The maximum absolute atomic E-state index is 12.9. The molecule has 27 heavy (non-hydrogen) atoms. The SMILES string of the molecule is O=C1CN(NC(=O)c2ccc(NS(=O)(=O)c3ccc(F)cc3)cc2)C(=O)N1. The average molecular weight is 392 g/mol. The summed E-state index contributed by atoms with van der Waals surface area (Å²) in [4.78, 5) is 34.5. The lowest BCUT2D eigenvalue weighted by Gasteiger charge is -2.14. The van der Waals surface area contributed by atoms with Gasteiger partial charge in [0.1, 0.15) is 12.4 Å². The zero-order chi connectivity index (χ0) is 19.6. The summed E-state index contributed by atoms with van der Waals surface area (Å²) in [5, 5.41) is 2.84. The molecular formula is C16H13FN4O5S. The highest BCUT2D eigenvalue weighted by atomic mass is 32.2. The van der Waals surface area contributed by atoms with Crippen molar-refractivity contribution in [1.29, 1.82) is 0 Å². The summed E-state index contributed by atoms with van der Waals surface area (Å²) in [6, 6.07) is 8.96. The van der Waals surface area contributed by atoms with Gasteiger partial charge in [-0.2, -0.15) is 0 Å². The zero-order valence-electron chi connectivity index (χ0n) is 13.6. The number of nitrogens with one attached hydrogen (secondary N) is 3. The Morgan fingerprint density at radius 3 is 2.22 bits per heavy atom. The van der Waals surface area contributed by atoms with Crippen molar-refractivity contribution >= 4 is 33.6 Å². The number of anilines is 1. The number of imide groups is 1. The highest BCUT2D eigenvalue weighted by Gasteiger charge is 2.28. The van der Waals surface area contributed by atoms with E-state index in [9.17, 15) is 27.2 Å². The first kappa shape index (κ1) is 18.3. The first-order chi connectivity index (χ1) is 12.7. The van der Waals surface area contributed by atoms with Gasteiger partial charge in [0.25, 0.3) is 15.9 Å². The van der Waals surface area contributed by atoms with Gasteiger partial charge in [0.15, 0.2) is 0 Å². The van der Waals surface area contributed by atoms with Crippen molar-refractivity contribution in [2.75, 3.05) is 11.3 Å². The van der Waals surface area contributed by atoms with E-state index in [1.54, 1.807) is 0 Å². The number of urea groups is 1. The Bertz CT molecular complexity index is 1010. The lowest BCUT2D eigenvalue weighted by atomic mass is 10.2. The number of amides is 4. The lowest BCUT2D eigenvalue weighted by molar-refractivity contribution is -0.118. The summed E-state index contributed by atoms with van der Waals surface area (Å²) in [6.07, 6.45) is 0. The molecule has 1 aliphatic heterocycles. The number of hydrogen-bond acceptors (Lipinski definition) is 5. The third-order valence-electron chi connectivity index (χ3n) is 3.55. The second-order valence-electron chi connectivity index (χ2n) is 5.52. The van der Waals surface area contributed by atoms with Crippen molar-refractivity contribution in [2.45, 2.75) is 4.90 Å². The molecule has 2 aromatic rings. The molecule has 9 nitrogen and oxygen atoms in total. The standard InChI is InChI=1S/C16H13FN4O5S/c17-11-3-7-13(8-4-11)27(25,26)20-12-5-1-10(2-6-12)15(23)19-21-9-14(22)18-16(21)24/h1-8,20H,9H2,(H,19,23)(H,18,22,24). The van der Waals surface area contributed by atoms with E-state index >= 15 is 0 Å². The van der Waals surface area contributed by atoms with Crippen LogP contribution in [-0.4, -0.2) is 37.8 Å². The predicted octanol–water partition coefficient (Wildman–Crippen LogP) is 0.823. The van der Waals surface area contributed by atoms with Crippen LogP contribution in [0.25, 0.3) is 0 Å². The van der Waals surface area contributed by atoms with Gasteiger partial charge in [0, 0.05) is 11.3 Å². The van der Waals surface area contributed by atoms with Crippen LogP contribution in [0.1, 0.15) is 10.4 Å². The van der Waals surface area contributed by atoms with E-state index in [4.69, 9.17) is 0 Å². The van der Waals surface area contributed by atoms with E-state index in [2.05, 4.69) is 10.1 Å². The van der Waals surface area contributed by atoms with E-state index in [1.807, 2.05) is 5.32 Å². The minimum Gasteiger partial charge on any atom is -0.280 e. The predicted molar refractivity (Wildman–Crippen MR) is 91.4 cm³/mol. The molecule has 0 atom stereocenters. The molecule has 0 aliphatic carbocycles. The van der Waals surface area contributed by atoms with E-state index in [0.717, 1.165) is 29.3 Å². The number of hydrazine groups is 1. The number of rotatable bonds is 5. The van der Waals surface area contributed by atoms with Crippen LogP contribution in [0, 0.1) is 5.82 Å². The molecule has 0 bridgehead atoms. The Kier molecular flexibility index (Phi) is 4.77. The van der Waals surface area contributed by atoms with Crippen LogP contribution >= 0.6 is 0 Å². The summed E-state index contributed by atoms with van der Waals surface area (Å²) in [5.41, 5.74) is 2.59. The van der Waals surface area contributed by atoms with Gasteiger partial charge in [-0.3, -0.25) is 25.1 Å². The van der Waals surface area contributed by atoms with Gasteiger partial charge in [-0.1, -0.05) is 0 Å². The van der Waals surface area contributed by atoms with Gasteiger partial charge in [-0.05, 0) is 48.5 Å². The maximum Gasteiger partial charge on any atom is 0.343 e. The van der Waals surface area contributed by atoms with E-state index in [1.165, 1.54) is 24.3 Å². The third kappa shape index (κ3) is 4.20. The largest absolute Gasteiger partial charge is 0.343 e. The molecule has 2 aromatic carbocycles. The number of nitrogens with zero attached hydrogens (tertiary/aromatic N) is 1. The van der Waals surface area contributed by atoms with Crippen molar-refractivity contribution < 1.29 is 27.2 Å². The molecule has 1 aliphatic rings. The van der Waals surface area contributed by atoms with Crippen LogP contribution in [0.2, 0.25) is 0 Å². The van der Waals surface area contributed by atoms with Gasteiger partial charge >= 0.3 is 6.03 Å². The first-order valence-corrected chi connectivity index (χ1v) is 9.04. The van der Waals surface area contributed by atoms with Gasteiger partial charge in [0.05, 0.1) is 4.90 Å². The first-order valence-electron chi connectivity index (χ1n) is 7.55. The second-order valence-corrected chi connectivity index (χ2v) is 7.20. The Morgan fingerprint density at radius 2 is 1.67 bits per heavy atom. The fraction of sp³-hybridized carbons (Fsp3) is 0.0625. The smallest absolute Gasteiger partial charge is 0.280 e. The lowest BCUT2D eigenvalue weighted by Crippen LogP contribution is -2.44. The van der Waals surface area contributed by atoms with Gasteiger partial charge in [-0.25, -0.2) is 22.6 Å². The number of sulfonamides is 1. The molecule has 3 rings (SSSR count). The summed E-state index contributed by atoms with van der Waals surface area (Å²) < 4.78 is 39.7. The maximum atomic E-state index is 12.9. The number of carbonyl (C=O) groups excluding carboxylic acids is 3. The van der Waals surface area contributed by atoms with Gasteiger partial charge in [-0.15, -0.1) is 0 Å². The zero-order valence-corrected chi connectivity index (χ0v) is 14.4. The Morgan fingerprint density at radius 1 is 1.04 bits per heavy atom.